The Kier molecular flexibility index (Phi) is 3.91. The summed E-state index contributed by atoms with van der Waals surface area (Å²) in [5.74, 6) is -0.871. The molecule has 0 aliphatic carbocycles. The van der Waals surface area contributed by atoms with Crippen LogP contribution in [-0.4, -0.2) is 21.8 Å². The highest BCUT2D eigenvalue weighted by molar-refractivity contribution is 6.06. The molecular weight excluding hydrogens is 376 g/mol. The van der Waals surface area contributed by atoms with Crippen LogP contribution < -0.4 is 25.9 Å². The van der Waals surface area contributed by atoms with Gasteiger partial charge in [0.15, 0.2) is 11.5 Å². The van der Waals surface area contributed by atoms with Gasteiger partial charge in [-0.25, -0.2) is 0 Å². The van der Waals surface area contributed by atoms with Crippen LogP contribution in [0.15, 0.2) is 46.0 Å². The molecule has 10 heteroatoms. The van der Waals surface area contributed by atoms with E-state index in [0.29, 0.717) is 17.6 Å². The summed E-state index contributed by atoms with van der Waals surface area (Å²) < 4.78 is 36.1. The first-order chi connectivity index (χ1) is 13.3. The van der Waals surface area contributed by atoms with Crippen molar-refractivity contribution in [2.45, 2.75) is 19.8 Å². The lowest BCUT2D eigenvalue weighted by atomic mass is 10.1. The van der Waals surface area contributed by atoms with Crippen LogP contribution in [0.2, 0.25) is 0 Å². The second-order valence-corrected chi connectivity index (χ2v) is 6.02. The monoisotopic (exact) mass is 389 g/mol. The van der Waals surface area contributed by atoms with Crippen LogP contribution in [0.4, 0.5) is 14.5 Å². The molecular formula is C18H13F2N3O5. The van der Waals surface area contributed by atoms with Gasteiger partial charge in [-0.15, -0.1) is 8.78 Å². The fourth-order valence-electron chi connectivity index (χ4n) is 2.96. The fourth-order valence-corrected chi connectivity index (χ4v) is 2.96. The molecule has 0 saturated carbocycles. The second kappa shape index (κ2) is 6.19. The Morgan fingerprint density at radius 3 is 2.64 bits per heavy atom. The van der Waals surface area contributed by atoms with E-state index in [1.54, 1.807) is 13.0 Å². The van der Waals surface area contributed by atoms with Crippen LogP contribution in [0.1, 0.15) is 17.3 Å². The summed E-state index contributed by atoms with van der Waals surface area (Å²) in [6.07, 6.45) is -3.75. The number of nitrogens with zero attached hydrogens (tertiary/aromatic N) is 1. The van der Waals surface area contributed by atoms with Gasteiger partial charge in [0.05, 0.1) is 11.0 Å². The van der Waals surface area contributed by atoms with Crippen molar-refractivity contribution in [3.8, 4) is 11.5 Å². The molecule has 0 radical (unpaired) electrons. The number of anilines is 1. The van der Waals surface area contributed by atoms with E-state index in [9.17, 15) is 23.2 Å². The minimum Gasteiger partial charge on any atom is -0.395 e. The first-order valence-corrected chi connectivity index (χ1v) is 8.25. The number of alkyl halides is 2. The number of amides is 1. The molecule has 0 spiro atoms. The van der Waals surface area contributed by atoms with Gasteiger partial charge in [0, 0.05) is 23.9 Å². The lowest BCUT2D eigenvalue weighted by Gasteiger charge is -2.09. The fraction of sp³-hybridized carbons (Fsp3) is 0.167. The number of aryl methyl sites for hydroxylation is 1. The third kappa shape index (κ3) is 2.98. The largest absolute Gasteiger partial charge is 0.586 e. The maximum absolute atomic E-state index is 13.1. The molecule has 0 fully saturated rings. The maximum atomic E-state index is 13.1. The van der Waals surface area contributed by atoms with Crippen LogP contribution in [0.5, 0.6) is 11.5 Å². The van der Waals surface area contributed by atoms with E-state index in [1.165, 1.54) is 34.9 Å². The number of carbonyl (C=O) groups excluding carboxylic acids is 1. The number of ether oxygens (including phenoxy) is 2. The summed E-state index contributed by atoms with van der Waals surface area (Å²) in [4.78, 5) is 38.6. The van der Waals surface area contributed by atoms with E-state index >= 15 is 0 Å². The number of fused-ring (bicyclic) bond motifs is 2. The summed E-state index contributed by atoms with van der Waals surface area (Å²) in [7, 11) is 0. The van der Waals surface area contributed by atoms with Gasteiger partial charge in [0.2, 0.25) is 0 Å². The van der Waals surface area contributed by atoms with Crippen molar-refractivity contribution in [3.63, 3.8) is 0 Å². The zero-order valence-corrected chi connectivity index (χ0v) is 14.4. The molecule has 1 aliphatic heterocycles. The number of hydrogen-bond acceptors (Lipinski definition) is 5. The van der Waals surface area contributed by atoms with Crippen molar-refractivity contribution >= 4 is 22.6 Å². The summed E-state index contributed by atoms with van der Waals surface area (Å²) in [6, 6.07) is 8.32. The van der Waals surface area contributed by atoms with E-state index in [4.69, 9.17) is 0 Å². The van der Waals surface area contributed by atoms with Crippen molar-refractivity contribution in [2.75, 3.05) is 5.32 Å². The average molecular weight is 389 g/mol. The van der Waals surface area contributed by atoms with Gasteiger partial charge in [-0.1, -0.05) is 0 Å². The third-order valence-corrected chi connectivity index (χ3v) is 4.21. The zero-order chi connectivity index (χ0) is 20.1. The van der Waals surface area contributed by atoms with Crippen molar-refractivity contribution in [1.29, 1.82) is 0 Å². The van der Waals surface area contributed by atoms with E-state index in [0.717, 1.165) is 0 Å². The SMILES string of the molecule is CCn1c(=O)c(=O)[nH]c2cc(C(=O)Nc3ccc4c(c3)OC(F)(F)O4)ccc21. The minimum atomic E-state index is -3.75. The smallest absolute Gasteiger partial charge is 0.395 e. The molecule has 0 bridgehead atoms. The van der Waals surface area contributed by atoms with Crippen LogP contribution >= 0.6 is 0 Å². The molecule has 2 aromatic carbocycles. The van der Waals surface area contributed by atoms with E-state index in [-0.39, 0.29) is 22.7 Å². The predicted octanol–water partition coefficient (Wildman–Crippen LogP) is 2.28. The Morgan fingerprint density at radius 2 is 1.89 bits per heavy atom. The van der Waals surface area contributed by atoms with Crippen molar-refractivity contribution in [1.82, 2.24) is 9.55 Å². The van der Waals surface area contributed by atoms with Crippen LogP contribution in [0, 0.1) is 0 Å². The number of rotatable bonds is 3. The molecule has 1 aliphatic rings. The van der Waals surface area contributed by atoms with Gasteiger partial charge in [-0.2, -0.15) is 0 Å². The Balaban J connectivity index is 1.64. The molecule has 0 atom stereocenters. The summed E-state index contributed by atoms with van der Waals surface area (Å²) in [5, 5.41) is 2.55. The molecule has 1 amide bonds. The highest BCUT2D eigenvalue weighted by Gasteiger charge is 2.43. The molecule has 28 heavy (non-hydrogen) atoms. The van der Waals surface area contributed by atoms with Gasteiger partial charge in [0.1, 0.15) is 0 Å². The average Bonchev–Trinajstić information content (AvgIpc) is 2.95. The Labute approximate surface area is 155 Å². The summed E-state index contributed by atoms with van der Waals surface area (Å²) >= 11 is 0. The molecule has 2 N–H and O–H groups in total. The number of H-pyrrole nitrogens is 1. The van der Waals surface area contributed by atoms with Gasteiger partial charge in [-0.3, -0.25) is 14.4 Å². The number of hydrogen-bond donors (Lipinski definition) is 2. The Bertz CT molecular complexity index is 1230. The normalized spacial score (nSPS) is 14.2. The topological polar surface area (TPSA) is 102 Å². The molecule has 0 saturated heterocycles. The lowest BCUT2D eigenvalue weighted by molar-refractivity contribution is -0.286. The van der Waals surface area contributed by atoms with Gasteiger partial charge in [-0.05, 0) is 37.3 Å². The van der Waals surface area contributed by atoms with Gasteiger partial charge < -0.3 is 24.3 Å². The number of carbonyl (C=O) groups is 1. The molecule has 3 aromatic rings. The van der Waals surface area contributed by atoms with Gasteiger partial charge in [0.25, 0.3) is 5.91 Å². The van der Waals surface area contributed by atoms with E-state index < -0.39 is 23.3 Å². The summed E-state index contributed by atoms with van der Waals surface area (Å²) in [5.41, 5.74) is -0.240. The number of nitrogens with one attached hydrogen (secondary N) is 2. The maximum Gasteiger partial charge on any atom is 0.586 e. The standard InChI is InChI=1S/C18H13F2N3O5/c1-2-23-12-5-3-9(7-11(12)22-16(25)17(23)26)15(24)21-10-4-6-13-14(8-10)28-18(19,20)27-13/h3-8H,2H2,1H3,(H,21,24)(H,22,25). The minimum absolute atomic E-state index is 0.135. The number of aromatic amines is 1. The van der Waals surface area contributed by atoms with Crippen molar-refractivity contribution in [3.05, 3.63) is 62.7 Å². The molecule has 0 unspecified atom stereocenters. The van der Waals surface area contributed by atoms with Crippen LogP contribution in [0.25, 0.3) is 11.0 Å². The van der Waals surface area contributed by atoms with Crippen LogP contribution in [0.3, 0.4) is 0 Å². The zero-order valence-electron chi connectivity index (χ0n) is 14.4. The number of benzene rings is 2. The quantitative estimate of drug-likeness (QED) is 0.669. The first kappa shape index (κ1) is 17.7. The van der Waals surface area contributed by atoms with Crippen molar-refractivity contribution in [2.24, 2.45) is 0 Å². The van der Waals surface area contributed by atoms with Gasteiger partial charge >= 0.3 is 17.4 Å². The molecule has 4 rings (SSSR count). The highest BCUT2D eigenvalue weighted by atomic mass is 19.3. The third-order valence-electron chi connectivity index (χ3n) is 4.21. The first-order valence-electron chi connectivity index (χ1n) is 8.25. The van der Waals surface area contributed by atoms with Crippen LogP contribution in [-0.2, 0) is 6.54 Å². The molecule has 144 valence electrons. The molecule has 8 nitrogen and oxygen atoms in total. The molecule has 1 aromatic heterocycles. The summed E-state index contributed by atoms with van der Waals surface area (Å²) in [6.45, 7) is 2.02. The molecule has 2 heterocycles. The number of aromatic nitrogens is 2. The predicted molar refractivity (Wildman–Crippen MR) is 95.1 cm³/mol. The Morgan fingerprint density at radius 1 is 1.14 bits per heavy atom. The lowest BCUT2D eigenvalue weighted by Crippen LogP contribution is -2.36. The van der Waals surface area contributed by atoms with E-state index in [2.05, 4.69) is 19.8 Å². The number of halogens is 2. The van der Waals surface area contributed by atoms with Crippen molar-refractivity contribution < 1.29 is 23.0 Å². The highest BCUT2D eigenvalue weighted by Crippen LogP contribution is 2.42. The Hall–Kier alpha value is -3.69. The van der Waals surface area contributed by atoms with E-state index in [1.807, 2.05) is 0 Å². The second-order valence-electron chi connectivity index (χ2n) is 6.02.